The smallest absolute Gasteiger partial charge is 0.170 e. The number of hydrogen-bond donors (Lipinski definition) is 1. The Kier molecular flexibility index (Phi) is 5.62. The highest BCUT2D eigenvalue weighted by Gasteiger charge is 2.41. The van der Waals surface area contributed by atoms with Gasteiger partial charge in [-0.3, -0.25) is 4.98 Å². The van der Waals surface area contributed by atoms with Crippen molar-refractivity contribution in [1.82, 2.24) is 15.2 Å². The summed E-state index contributed by atoms with van der Waals surface area (Å²) in [5.74, 6) is 1.61. The minimum atomic E-state index is -0.112. The summed E-state index contributed by atoms with van der Waals surface area (Å²) in [4.78, 5) is 6.62. The average molecular weight is 414 g/mol. The minimum Gasteiger partial charge on any atom is -0.459 e. The molecule has 1 saturated heterocycles. The predicted octanol–water partition coefficient (Wildman–Crippen LogP) is 4.61. The molecule has 2 atom stereocenters. The van der Waals surface area contributed by atoms with Gasteiger partial charge in [-0.25, -0.2) is 0 Å². The fourth-order valence-electron chi connectivity index (χ4n) is 3.43. The molecule has 144 valence electrons. The summed E-state index contributed by atoms with van der Waals surface area (Å²) >= 11 is 11.6. The number of halogens is 1. The average Bonchev–Trinajstić information content (AvgIpc) is 3.32. The number of nitrogens with zero attached hydrogens (tertiary/aromatic N) is 2. The second kappa shape index (κ2) is 8.31. The molecule has 0 bridgehead atoms. The van der Waals surface area contributed by atoms with Crippen LogP contribution in [-0.2, 0) is 4.74 Å². The molecule has 4 rings (SSSR count). The summed E-state index contributed by atoms with van der Waals surface area (Å²) in [5.41, 5.74) is 1.89. The maximum Gasteiger partial charge on any atom is 0.170 e. The third-order valence-corrected chi connectivity index (χ3v) is 5.39. The van der Waals surface area contributed by atoms with Gasteiger partial charge in [-0.15, -0.1) is 0 Å². The van der Waals surface area contributed by atoms with Gasteiger partial charge in [-0.2, -0.15) is 0 Å². The van der Waals surface area contributed by atoms with Gasteiger partial charge in [-0.1, -0.05) is 17.7 Å². The minimum absolute atomic E-state index is 0.102. The summed E-state index contributed by atoms with van der Waals surface area (Å²) in [6.45, 7) is 1.23. The number of benzene rings is 1. The summed E-state index contributed by atoms with van der Waals surface area (Å²) in [5, 5.41) is 4.76. The number of nitrogens with one attached hydrogen (secondary N) is 1. The van der Waals surface area contributed by atoms with E-state index < -0.39 is 0 Å². The lowest BCUT2D eigenvalue weighted by Crippen LogP contribution is -2.32. The molecule has 0 saturated carbocycles. The molecule has 3 heterocycles. The Morgan fingerprint density at radius 2 is 2.00 bits per heavy atom. The number of furan rings is 1. The van der Waals surface area contributed by atoms with Crippen LogP contribution >= 0.6 is 23.8 Å². The molecule has 1 aliphatic heterocycles. The Bertz CT molecular complexity index is 946. The van der Waals surface area contributed by atoms with Crippen LogP contribution in [0.1, 0.15) is 23.5 Å². The number of ether oxygens (including phenoxy) is 1. The monoisotopic (exact) mass is 413 g/mol. The van der Waals surface area contributed by atoms with Crippen LogP contribution in [0.3, 0.4) is 0 Å². The molecule has 2 unspecified atom stereocenters. The van der Waals surface area contributed by atoms with Crippen molar-refractivity contribution >= 4 is 28.9 Å². The van der Waals surface area contributed by atoms with Gasteiger partial charge in [0.15, 0.2) is 5.11 Å². The predicted molar refractivity (Wildman–Crippen MR) is 113 cm³/mol. The fourth-order valence-corrected chi connectivity index (χ4v) is 3.88. The quantitative estimate of drug-likeness (QED) is 0.595. The zero-order valence-electron chi connectivity index (χ0n) is 15.3. The second-order valence-electron chi connectivity index (χ2n) is 6.52. The van der Waals surface area contributed by atoms with Gasteiger partial charge in [0.25, 0.3) is 0 Å². The van der Waals surface area contributed by atoms with E-state index >= 15 is 0 Å². The van der Waals surface area contributed by atoms with Crippen LogP contribution < -0.4 is 5.32 Å². The lowest BCUT2D eigenvalue weighted by Gasteiger charge is -2.25. The van der Waals surface area contributed by atoms with E-state index in [9.17, 15) is 0 Å². The standard InChI is InChI=1S/C21H20ClN3O2S/c1-26-13-12-25-20(19(24-21(25)28)16-4-2-3-11-23-16)18-10-9-17(27-18)14-5-7-15(22)8-6-14/h2-11,19-20H,12-13H2,1H3,(H,24,28). The number of rotatable bonds is 6. The summed E-state index contributed by atoms with van der Waals surface area (Å²) in [7, 11) is 1.68. The Morgan fingerprint density at radius 1 is 1.18 bits per heavy atom. The molecule has 0 radical (unpaired) electrons. The molecule has 2 aromatic heterocycles. The zero-order chi connectivity index (χ0) is 19.5. The Morgan fingerprint density at radius 3 is 2.71 bits per heavy atom. The molecule has 5 nitrogen and oxygen atoms in total. The first-order chi connectivity index (χ1) is 13.7. The van der Waals surface area contributed by atoms with Gasteiger partial charge < -0.3 is 19.4 Å². The lowest BCUT2D eigenvalue weighted by molar-refractivity contribution is 0.158. The van der Waals surface area contributed by atoms with Crippen LogP contribution in [-0.4, -0.2) is 35.3 Å². The van der Waals surface area contributed by atoms with Crippen molar-refractivity contribution in [2.75, 3.05) is 20.3 Å². The highest BCUT2D eigenvalue weighted by atomic mass is 35.5. The summed E-state index contributed by atoms with van der Waals surface area (Å²) in [6.07, 6.45) is 1.79. The first-order valence-electron chi connectivity index (χ1n) is 9.00. The maximum atomic E-state index is 6.25. The van der Waals surface area contributed by atoms with E-state index in [1.165, 1.54) is 0 Å². The maximum absolute atomic E-state index is 6.25. The van der Waals surface area contributed by atoms with Gasteiger partial charge >= 0.3 is 0 Å². The van der Waals surface area contributed by atoms with Crippen LogP contribution in [0, 0.1) is 0 Å². The van der Waals surface area contributed by atoms with Crippen molar-refractivity contribution in [3.63, 3.8) is 0 Å². The molecule has 0 amide bonds. The van der Waals surface area contributed by atoms with Crippen molar-refractivity contribution in [2.45, 2.75) is 12.1 Å². The van der Waals surface area contributed by atoms with Crippen molar-refractivity contribution in [1.29, 1.82) is 0 Å². The van der Waals surface area contributed by atoms with E-state index in [0.29, 0.717) is 23.3 Å². The van der Waals surface area contributed by atoms with Crippen LogP contribution in [0.4, 0.5) is 0 Å². The van der Waals surface area contributed by atoms with E-state index in [1.807, 2.05) is 54.6 Å². The third-order valence-electron chi connectivity index (χ3n) is 4.78. The molecule has 3 aromatic rings. The topological polar surface area (TPSA) is 50.5 Å². The van der Waals surface area contributed by atoms with Crippen LogP contribution in [0.2, 0.25) is 5.02 Å². The summed E-state index contributed by atoms with van der Waals surface area (Å²) < 4.78 is 11.5. The number of thiocarbonyl (C=S) groups is 1. The van der Waals surface area contributed by atoms with Crippen LogP contribution in [0.5, 0.6) is 0 Å². The Labute approximate surface area is 174 Å². The number of aromatic nitrogens is 1. The van der Waals surface area contributed by atoms with Crippen molar-refractivity contribution in [3.05, 3.63) is 77.3 Å². The molecule has 28 heavy (non-hydrogen) atoms. The van der Waals surface area contributed by atoms with Crippen molar-refractivity contribution in [2.24, 2.45) is 0 Å². The van der Waals surface area contributed by atoms with Crippen LogP contribution in [0.25, 0.3) is 11.3 Å². The SMILES string of the molecule is COCCN1C(=S)NC(c2ccccn2)C1c1ccc(-c2ccc(Cl)cc2)o1. The highest BCUT2D eigenvalue weighted by molar-refractivity contribution is 7.80. The zero-order valence-corrected chi connectivity index (χ0v) is 16.9. The first kappa shape index (κ1) is 18.9. The summed E-state index contributed by atoms with van der Waals surface area (Å²) in [6, 6.07) is 17.2. The van der Waals surface area contributed by atoms with Gasteiger partial charge in [0.05, 0.1) is 18.3 Å². The van der Waals surface area contributed by atoms with Gasteiger partial charge in [-0.05, 0) is 60.7 Å². The molecule has 0 aliphatic carbocycles. The van der Waals surface area contributed by atoms with Gasteiger partial charge in [0, 0.05) is 30.4 Å². The third kappa shape index (κ3) is 3.76. The van der Waals surface area contributed by atoms with Crippen LogP contribution in [0.15, 0.2) is 65.2 Å². The molecule has 1 N–H and O–H groups in total. The van der Waals surface area contributed by atoms with E-state index in [4.69, 9.17) is 33.0 Å². The Balaban J connectivity index is 1.70. The Hall–Kier alpha value is -2.41. The van der Waals surface area contributed by atoms with Gasteiger partial charge in [0.2, 0.25) is 0 Å². The van der Waals surface area contributed by atoms with Crippen molar-refractivity contribution in [3.8, 4) is 11.3 Å². The number of pyridine rings is 1. The second-order valence-corrected chi connectivity index (χ2v) is 7.34. The fraction of sp³-hybridized carbons (Fsp3) is 0.238. The first-order valence-corrected chi connectivity index (χ1v) is 9.78. The van der Waals surface area contributed by atoms with Gasteiger partial charge in [0.1, 0.15) is 17.6 Å². The number of hydrogen-bond acceptors (Lipinski definition) is 4. The molecular formula is C21H20ClN3O2S. The normalized spacial score (nSPS) is 19.1. The molecule has 7 heteroatoms. The lowest BCUT2D eigenvalue weighted by atomic mass is 10.0. The van der Waals surface area contributed by atoms with E-state index in [2.05, 4.69) is 15.2 Å². The van der Waals surface area contributed by atoms with E-state index in [1.54, 1.807) is 13.3 Å². The largest absolute Gasteiger partial charge is 0.459 e. The molecular weight excluding hydrogens is 394 g/mol. The van der Waals surface area contributed by atoms with Crippen molar-refractivity contribution < 1.29 is 9.15 Å². The van der Waals surface area contributed by atoms with E-state index in [-0.39, 0.29) is 12.1 Å². The number of methoxy groups -OCH3 is 1. The van der Waals surface area contributed by atoms with E-state index in [0.717, 1.165) is 22.8 Å². The molecule has 1 aromatic carbocycles. The molecule has 1 fully saturated rings. The molecule has 1 aliphatic rings. The highest BCUT2D eigenvalue weighted by Crippen LogP contribution is 2.40. The molecule has 0 spiro atoms.